The SMILES string of the molecule is COc1cccc([C@H]2CN(Cc3ccccc3O)C[C@@H]2CN(CC(C)C)C(=O)C(C)C)c1. The fourth-order valence-corrected chi connectivity index (χ4v) is 4.75. The zero-order chi connectivity index (χ0) is 23.3. The highest BCUT2D eigenvalue weighted by Crippen LogP contribution is 2.36. The maximum atomic E-state index is 13.0. The third-order valence-electron chi connectivity index (χ3n) is 6.27. The maximum absolute atomic E-state index is 13.0. The molecule has 1 aliphatic rings. The Bertz CT molecular complexity index is 896. The average molecular weight is 439 g/mol. The van der Waals surface area contributed by atoms with Crippen molar-refractivity contribution < 1.29 is 14.6 Å². The molecule has 0 spiro atoms. The smallest absolute Gasteiger partial charge is 0.225 e. The van der Waals surface area contributed by atoms with Crippen molar-refractivity contribution in [2.45, 2.75) is 40.2 Å². The summed E-state index contributed by atoms with van der Waals surface area (Å²) < 4.78 is 5.48. The van der Waals surface area contributed by atoms with Crippen LogP contribution in [0.15, 0.2) is 48.5 Å². The molecule has 0 saturated carbocycles. The number of hydrogen-bond donors (Lipinski definition) is 1. The number of methoxy groups -OCH3 is 1. The van der Waals surface area contributed by atoms with E-state index in [9.17, 15) is 9.90 Å². The lowest BCUT2D eigenvalue weighted by Crippen LogP contribution is -2.41. The molecule has 32 heavy (non-hydrogen) atoms. The van der Waals surface area contributed by atoms with Crippen LogP contribution in [-0.2, 0) is 11.3 Å². The van der Waals surface area contributed by atoms with Crippen LogP contribution in [0, 0.1) is 17.8 Å². The average Bonchev–Trinajstić information content (AvgIpc) is 3.16. The fraction of sp³-hybridized carbons (Fsp3) is 0.519. The van der Waals surface area contributed by atoms with Gasteiger partial charge >= 0.3 is 0 Å². The van der Waals surface area contributed by atoms with Crippen molar-refractivity contribution in [3.63, 3.8) is 0 Å². The molecule has 1 aliphatic heterocycles. The Balaban J connectivity index is 1.86. The Kier molecular flexibility index (Phi) is 8.19. The van der Waals surface area contributed by atoms with Crippen LogP contribution in [-0.4, -0.2) is 54.1 Å². The van der Waals surface area contributed by atoms with Crippen molar-refractivity contribution in [3.8, 4) is 11.5 Å². The molecule has 0 bridgehead atoms. The van der Waals surface area contributed by atoms with Crippen molar-refractivity contribution in [1.82, 2.24) is 9.80 Å². The highest BCUT2D eigenvalue weighted by Gasteiger charge is 2.36. The van der Waals surface area contributed by atoms with Crippen LogP contribution in [0.3, 0.4) is 0 Å². The summed E-state index contributed by atoms with van der Waals surface area (Å²) in [4.78, 5) is 17.5. The van der Waals surface area contributed by atoms with Crippen LogP contribution >= 0.6 is 0 Å². The molecular weight excluding hydrogens is 400 g/mol. The maximum Gasteiger partial charge on any atom is 0.225 e. The highest BCUT2D eigenvalue weighted by atomic mass is 16.5. The number of para-hydroxylation sites is 1. The third-order valence-corrected chi connectivity index (χ3v) is 6.27. The lowest BCUT2D eigenvalue weighted by atomic mass is 9.88. The second-order valence-electron chi connectivity index (χ2n) is 9.76. The number of likely N-dealkylation sites (tertiary alicyclic amines) is 1. The highest BCUT2D eigenvalue weighted by molar-refractivity contribution is 5.78. The van der Waals surface area contributed by atoms with Crippen molar-refractivity contribution in [1.29, 1.82) is 0 Å². The second-order valence-corrected chi connectivity index (χ2v) is 9.76. The monoisotopic (exact) mass is 438 g/mol. The number of carbonyl (C=O) groups excluding carboxylic acids is 1. The molecule has 1 saturated heterocycles. The van der Waals surface area contributed by atoms with E-state index in [1.54, 1.807) is 13.2 Å². The first-order valence-electron chi connectivity index (χ1n) is 11.7. The van der Waals surface area contributed by atoms with Gasteiger partial charge in [-0.15, -0.1) is 0 Å². The summed E-state index contributed by atoms with van der Waals surface area (Å²) in [6.07, 6.45) is 0. The molecule has 2 atom stereocenters. The zero-order valence-electron chi connectivity index (χ0n) is 20.1. The minimum absolute atomic E-state index is 0.0113. The molecule has 0 aliphatic carbocycles. The van der Waals surface area contributed by atoms with Gasteiger partial charge in [0.2, 0.25) is 5.91 Å². The molecule has 2 aromatic rings. The Morgan fingerprint density at radius 1 is 1.12 bits per heavy atom. The van der Waals surface area contributed by atoms with Crippen LogP contribution in [0.5, 0.6) is 11.5 Å². The van der Waals surface area contributed by atoms with Gasteiger partial charge in [0.15, 0.2) is 0 Å². The van der Waals surface area contributed by atoms with Gasteiger partial charge in [-0.1, -0.05) is 58.0 Å². The third kappa shape index (κ3) is 6.04. The minimum atomic E-state index is -0.0113. The van der Waals surface area contributed by atoms with Gasteiger partial charge in [-0.2, -0.15) is 0 Å². The Morgan fingerprint density at radius 2 is 1.88 bits per heavy atom. The number of amides is 1. The summed E-state index contributed by atoms with van der Waals surface area (Å²) in [6.45, 7) is 12.3. The number of phenolic OH excluding ortho intramolecular Hbond substituents is 1. The molecule has 5 nitrogen and oxygen atoms in total. The number of aromatic hydroxyl groups is 1. The molecule has 0 radical (unpaired) electrons. The molecule has 1 heterocycles. The number of hydrogen-bond acceptors (Lipinski definition) is 4. The molecule has 174 valence electrons. The van der Waals surface area contributed by atoms with Crippen molar-refractivity contribution in [2.75, 3.05) is 33.3 Å². The van der Waals surface area contributed by atoms with E-state index >= 15 is 0 Å². The Morgan fingerprint density at radius 3 is 2.53 bits per heavy atom. The van der Waals surface area contributed by atoms with Crippen LogP contribution in [0.1, 0.15) is 44.7 Å². The van der Waals surface area contributed by atoms with Gasteiger partial charge in [-0.3, -0.25) is 9.69 Å². The quantitative estimate of drug-likeness (QED) is 0.613. The molecule has 0 unspecified atom stereocenters. The first-order valence-corrected chi connectivity index (χ1v) is 11.7. The number of rotatable bonds is 9. The van der Waals surface area contributed by atoms with Gasteiger partial charge in [0.1, 0.15) is 11.5 Å². The zero-order valence-corrected chi connectivity index (χ0v) is 20.1. The van der Waals surface area contributed by atoms with Crippen molar-refractivity contribution >= 4 is 5.91 Å². The van der Waals surface area contributed by atoms with E-state index in [0.29, 0.717) is 30.0 Å². The van der Waals surface area contributed by atoms with E-state index in [4.69, 9.17) is 4.74 Å². The van der Waals surface area contributed by atoms with E-state index in [0.717, 1.165) is 37.5 Å². The Labute approximate surface area is 193 Å². The van der Waals surface area contributed by atoms with Crippen LogP contribution in [0.4, 0.5) is 0 Å². The van der Waals surface area contributed by atoms with Gasteiger partial charge in [-0.05, 0) is 35.6 Å². The predicted molar refractivity (Wildman–Crippen MR) is 129 cm³/mol. The molecular formula is C27H38N2O3. The van der Waals surface area contributed by atoms with Gasteiger partial charge in [-0.25, -0.2) is 0 Å². The summed E-state index contributed by atoms with van der Waals surface area (Å²) in [5.41, 5.74) is 2.19. The fourth-order valence-electron chi connectivity index (χ4n) is 4.75. The van der Waals surface area contributed by atoms with Gasteiger partial charge in [0.05, 0.1) is 7.11 Å². The van der Waals surface area contributed by atoms with Crippen LogP contribution < -0.4 is 4.74 Å². The molecule has 1 fully saturated rings. The predicted octanol–water partition coefficient (Wildman–Crippen LogP) is 4.76. The molecule has 1 amide bonds. The number of ether oxygens (including phenoxy) is 1. The van der Waals surface area contributed by atoms with Gasteiger partial charge in [0.25, 0.3) is 0 Å². The van der Waals surface area contributed by atoms with E-state index in [1.165, 1.54) is 5.56 Å². The van der Waals surface area contributed by atoms with E-state index in [-0.39, 0.29) is 11.8 Å². The van der Waals surface area contributed by atoms with Crippen LogP contribution in [0.2, 0.25) is 0 Å². The number of benzene rings is 2. The van der Waals surface area contributed by atoms with E-state index in [1.807, 2.05) is 44.2 Å². The minimum Gasteiger partial charge on any atom is -0.508 e. The van der Waals surface area contributed by atoms with E-state index < -0.39 is 0 Å². The first kappa shape index (κ1) is 24.1. The lowest BCUT2D eigenvalue weighted by Gasteiger charge is -2.31. The van der Waals surface area contributed by atoms with E-state index in [2.05, 4.69) is 35.8 Å². The number of nitrogens with zero attached hydrogens (tertiary/aromatic N) is 2. The molecule has 5 heteroatoms. The summed E-state index contributed by atoms with van der Waals surface area (Å²) >= 11 is 0. The summed E-state index contributed by atoms with van der Waals surface area (Å²) in [5.74, 6) is 2.44. The first-order chi connectivity index (χ1) is 15.3. The lowest BCUT2D eigenvalue weighted by molar-refractivity contribution is -0.135. The Hall–Kier alpha value is -2.53. The molecule has 2 aromatic carbocycles. The number of phenols is 1. The summed E-state index contributed by atoms with van der Waals surface area (Å²) in [5, 5.41) is 10.3. The summed E-state index contributed by atoms with van der Waals surface area (Å²) in [7, 11) is 1.70. The normalized spacial score (nSPS) is 19.0. The largest absolute Gasteiger partial charge is 0.508 e. The van der Waals surface area contributed by atoms with Gasteiger partial charge in [0, 0.05) is 50.1 Å². The van der Waals surface area contributed by atoms with Crippen molar-refractivity contribution in [2.24, 2.45) is 17.8 Å². The second kappa shape index (κ2) is 10.9. The molecule has 3 rings (SSSR count). The summed E-state index contributed by atoms with van der Waals surface area (Å²) in [6, 6.07) is 15.9. The topological polar surface area (TPSA) is 53.0 Å². The standard InChI is InChI=1S/C27H38N2O3/c1-19(2)14-29(27(31)20(3)4)17-23-16-28(15-22-9-6-7-12-26(22)30)18-25(23)21-10-8-11-24(13-21)32-5/h6-13,19-20,23,25,30H,14-18H2,1-5H3/t23-,25-/m1/s1. The number of carbonyl (C=O) groups is 1. The molecule has 1 N–H and O–H groups in total. The van der Waals surface area contributed by atoms with Crippen molar-refractivity contribution in [3.05, 3.63) is 59.7 Å². The molecule has 0 aromatic heterocycles. The van der Waals surface area contributed by atoms with Crippen LogP contribution in [0.25, 0.3) is 0 Å². The van der Waals surface area contributed by atoms with Gasteiger partial charge < -0.3 is 14.7 Å².